The lowest BCUT2D eigenvalue weighted by atomic mass is 10.0. The van der Waals surface area contributed by atoms with Gasteiger partial charge < -0.3 is 14.2 Å². The van der Waals surface area contributed by atoms with Gasteiger partial charge in [0.15, 0.2) is 5.79 Å². The van der Waals surface area contributed by atoms with Crippen LogP contribution < -0.4 is 0 Å². The number of hydrogen-bond donors (Lipinski definition) is 0. The molecule has 0 bridgehead atoms. The van der Waals surface area contributed by atoms with Crippen LogP contribution in [0, 0.1) is 0 Å². The van der Waals surface area contributed by atoms with Crippen LogP contribution >= 0.6 is 0 Å². The first kappa shape index (κ1) is 14.8. The number of azide groups is 1. The van der Waals surface area contributed by atoms with Crippen molar-refractivity contribution in [3.05, 3.63) is 10.4 Å². The van der Waals surface area contributed by atoms with Crippen LogP contribution in [0.5, 0.6) is 0 Å². The van der Waals surface area contributed by atoms with E-state index >= 15 is 0 Å². The molecule has 0 aromatic carbocycles. The molecule has 0 aromatic heterocycles. The van der Waals surface area contributed by atoms with Crippen LogP contribution in [0.2, 0.25) is 0 Å². The molecule has 0 radical (unpaired) electrons. The summed E-state index contributed by atoms with van der Waals surface area (Å²) in [6.45, 7) is 3.98. The van der Waals surface area contributed by atoms with Gasteiger partial charge in [0.05, 0.1) is 25.7 Å². The average molecular weight is 257 g/mol. The molecular formula is C11H19N3O4. The Balaban J connectivity index is 2.54. The van der Waals surface area contributed by atoms with Gasteiger partial charge in [-0.15, -0.1) is 0 Å². The molecule has 0 aliphatic carbocycles. The summed E-state index contributed by atoms with van der Waals surface area (Å²) < 4.78 is 16.0. The average Bonchev–Trinajstić information content (AvgIpc) is 2.27. The molecule has 1 fully saturated rings. The summed E-state index contributed by atoms with van der Waals surface area (Å²) in [5, 5.41) is 3.48. The van der Waals surface area contributed by atoms with Gasteiger partial charge in [-0.25, -0.2) is 0 Å². The molecule has 7 heteroatoms. The van der Waals surface area contributed by atoms with Crippen LogP contribution in [0.4, 0.5) is 0 Å². The molecule has 18 heavy (non-hydrogen) atoms. The van der Waals surface area contributed by atoms with Gasteiger partial charge in [0.2, 0.25) is 0 Å². The van der Waals surface area contributed by atoms with E-state index in [1.54, 1.807) is 13.8 Å². The highest BCUT2D eigenvalue weighted by Crippen LogP contribution is 2.29. The van der Waals surface area contributed by atoms with Gasteiger partial charge in [0, 0.05) is 17.9 Å². The number of hydrogen-bond acceptors (Lipinski definition) is 5. The zero-order valence-corrected chi connectivity index (χ0v) is 11.0. The van der Waals surface area contributed by atoms with E-state index in [2.05, 4.69) is 14.8 Å². The molecule has 1 heterocycles. The zero-order valence-electron chi connectivity index (χ0n) is 11.0. The summed E-state index contributed by atoms with van der Waals surface area (Å²) in [4.78, 5) is 13.9. The van der Waals surface area contributed by atoms with E-state index in [4.69, 9.17) is 15.0 Å². The van der Waals surface area contributed by atoms with E-state index in [1.165, 1.54) is 7.11 Å². The van der Waals surface area contributed by atoms with Gasteiger partial charge in [-0.05, 0) is 25.8 Å². The van der Waals surface area contributed by atoms with E-state index < -0.39 is 5.79 Å². The quantitative estimate of drug-likeness (QED) is 0.326. The Bertz CT molecular complexity index is 339. The SMILES string of the molecule is COC(=O)C[C@H]1C[C@@H](CCN=[N+]=[N-])OC(C)(C)O1. The second-order valence-electron chi connectivity index (χ2n) is 4.64. The first-order chi connectivity index (χ1) is 8.46. The lowest BCUT2D eigenvalue weighted by Crippen LogP contribution is -2.45. The maximum Gasteiger partial charge on any atom is 0.308 e. The van der Waals surface area contributed by atoms with Gasteiger partial charge in [-0.3, -0.25) is 4.79 Å². The number of methoxy groups -OCH3 is 1. The van der Waals surface area contributed by atoms with Crippen molar-refractivity contribution in [2.75, 3.05) is 13.7 Å². The monoisotopic (exact) mass is 257 g/mol. The molecule has 0 aromatic rings. The Morgan fingerprint density at radius 3 is 2.78 bits per heavy atom. The van der Waals surface area contributed by atoms with Gasteiger partial charge in [-0.2, -0.15) is 0 Å². The van der Waals surface area contributed by atoms with Crippen LogP contribution in [0.3, 0.4) is 0 Å². The molecule has 0 spiro atoms. The first-order valence-electron chi connectivity index (χ1n) is 5.90. The van der Waals surface area contributed by atoms with Crippen LogP contribution in [0.15, 0.2) is 5.11 Å². The van der Waals surface area contributed by atoms with Crippen molar-refractivity contribution in [3.63, 3.8) is 0 Å². The Hall–Kier alpha value is -1.30. The van der Waals surface area contributed by atoms with Crippen molar-refractivity contribution in [2.45, 2.75) is 51.1 Å². The van der Waals surface area contributed by atoms with Gasteiger partial charge >= 0.3 is 5.97 Å². The molecule has 0 N–H and O–H groups in total. The fourth-order valence-electron chi connectivity index (χ4n) is 2.04. The molecule has 1 saturated heterocycles. The topological polar surface area (TPSA) is 93.5 Å². The van der Waals surface area contributed by atoms with E-state index in [-0.39, 0.29) is 24.6 Å². The molecule has 1 rings (SSSR count). The molecule has 0 amide bonds. The summed E-state index contributed by atoms with van der Waals surface area (Å²) in [6.07, 6.45) is 1.13. The fraction of sp³-hybridized carbons (Fsp3) is 0.909. The van der Waals surface area contributed by atoms with Crippen LogP contribution in [-0.4, -0.2) is 37.6 Å². The van der Waals surface area contributed by atoms with Gasteiger partial charge in [0.1, 0.15) is 0 Å². The molecule has 2 atom stereocenters. The van der Waals surface area contributed by atoms with Crippen molar-refractivity contribution < 1.29 is 19.0 Å². The van der Waals surface area contributed by atoms with Crippen LogP contribution in [0.25, 0.3) is 10.4 Å². The van der Waals surface area contributed by atoms with Crippen molar-refractivity contribution >= 4 is 5.97 Å². The summed E-state index contributed by atoms with van der Waals surface area (Å²) >= 11 is 0. The van der Waals surface area contributed by atoms with Crippen molar-refractivity contribution in [1.82, 2.24) is 0 Å². The molecule has 1 aliphatic rings. The van der Waals surface area contributed by atoms with Gasteiger partial charge in [-0.1, -0.05) is 5.11 Å². The number of esters is 1. The Kier molecular flexibility index (Phi) is 5.40. The van der Waals surface area contributed by atoms with Gasteiger partial charge in [0.25, 0.3) is 0 Å². The normalized spacial score (nSPS) is 26.2. The van der Waals surface area contributed by atoms with Crippen molar-refractivity contribution in [2.24, 2.45) is 5.11 Å². The number of rotatable bonds is 5. The second-order valence-corrected chi connectivity index (χ2v) is 4.64. The highest BCUT2D eigenvalue weighted by Gasteiger charge is 2.36. The number of carbonyl (C=O) groups excluding carboxylic acids is 1. The van der Waals surface area contributed by atoms with Crippen molar-refractivity contribution in [1.29, 1.82) is 0 Å². The van der Waals surface area contributed by atoms with Crippen molar-refractivity contribution in [3.8, 4) is 0 Å². The molecular weight excluding hydrogens is 238 g/mol. The van der Waals surface area contributed by atoms with Crippen LogP contribution in [0.1, 0.15) is 33.1 Å². The summed E-state index contributed by atoms with van der Waals surface area (Å²) in [7, 11) is 1.35. The Morgan fingerprint density at radius 1 is 1.50 bits per heavy atom. The molecule has 7 nitrogen and oxygen atoms in total. The predicted molar refractivity (Wildman–Crippen MR) is 63.7 cm³/mol. The smallest absolute Gasteiger partial charge is 0.308 e. The third-order valence-electron chi connectivity index (χ3n) is 2.66. The van der Waals surface area contributed by atoms with Crippen LogP contribution in [-0.2, 0) is 19.0 Å². The standard InChI is InChI=1S/C11H19N3O4/c1-11(2)17-8(4-5-13-14-12)6-9(18-11)7-10(15)16-3/h8-9H,4-7H2,1-3H3/t8-,9-/m1/s1. The fourth-order valence-corrected chi connectivity index (χ4v) is 2.04. The third kappa shape index (κ3) is 4.91. The minimum absolute atomic E-state index is 0.0751. The van der Waals surface area contributed by atoms with E-state index in [0.717, 1.165) is 0 Å². The van der Waals surface area contributed by atoms with E-state index in [9.17, 15) is 4.79 Å². The number of ether oxygens (including phenoxy) is 3. The largest absolute Gasteiger partial charge is 0.469 e. The number of carbonyl (C=O) groups is 1. The Labute approximate surface area is 106 Å². The first-order valence-corrected chi connectivity index (χ1v) is 5.90. The predicted octanol–water partition coefficient (Wildman–Crippen LogP) is 2.16. The summed E-state index contributed by atoms with van der Waals surface area (Å²) in [5.74, 6) is -1.04. The lowest BCUT2D eigenvalue weighted by molar-refractivity contribution is -0.300. The molecule has 0 unspecified atom stereocenters. The highest BCUT2D eigenvalue weighted by molar-refractivity contribution is 5.69. The highest BCUT2D eigenvalue weighted by atomic mass is 16.7. The molecule has 102 valence electrons. The van der Waals surface area contributed by atoms with E-state index in [0.29, 0.717) is 19.4 Å². The Morgan fingerprint density at radius 2 is 2.17 bits per heavy atom. The maximum atomic E-state index is 11.2. The van der Waals surface area contributed by atoms with E-state index in [1.807, 2.05) is 0 Å². The minimum Gasteiger partial charge on any atom is -0.469 e. The summed E-state index contributed by atoms with van der Waals surface area (Å²) in [6, 6.07) is 0. The number of nitrogens with zero attached hydrogens (tertiary/aromatic N) is 3. The lowest BCUT2D eigenvalue weighted by Gasteiger charge is -2.40. The second kappa shape index (κ2) is 6.58. The minimum atomic E-state index is -0.738. The molecule has 1 aliphatic heterocycles. The zero-order chi connectivity index (χ0) is 13.6. The summed E-state index contributed by atoms with van der Waals surface area (Å²) in [5.41, 5.74) is 8.23. The third-order valence-corrected chi connectivity index (χ3v) is 2.66. The molecule has 0 saturated carbocycles. The maximum absolute atomic E-state index is 11.2.